The first-order valence-electron chi connectivity index (χ1n) is 7.62. The first-order chi connectivity index (χ1) is 11.2. The Morgan fingerprint density at radius 3 is 2.83 bits per heavy atom. The highest BCUT2D eigenvalue weighted by Gasteiger charge is 2.29. The van der Waals surface area contributed by atoms with Crippen molar-refractivity contribution >= 4 is 11.7 Å². The maximum Gasteiger partial charge on any atom is 0.298 e. The van der Waals surface area contributed by atoms with Gasteiger partial charge in [0.05, 0.1) is 24.6 Å². The van der Waals surface area contributed by atoms with E-state index in [1.165, 1.54) is 17.2 Å². The van der Waals surface area contributed by atoms with Crippen molar-refractivity contribution in [2.45, 2.75) is 25.5 Å². The van der Waals surface area contributed by atoms with E-state index in [2.05, 4.69) is 4.98 Å². The Morgan fingerprint density at radius 1 is 1.26 bits per heavy atom. The summed E-state index contributed by atoms with van der Waals surface area (Å²) in [6.45, 7) is 1.34. The molecule has 1 aliphatic heterocycles. The third-order valence-electron chi connectivity index (χ3n) is 3.75. The molecule has 0 spiro atoms. The van der Waals surface area contributed by atoms with Crippen LogP contribution in [0.2, 0.25) is 0 Å². The molecular weight excluding hydrogens is 296 g/mol. The second-order valence-corrected chi connectivity index (χ2v) is 5.45. The van der Waals surface area contributed by atoms with Gasteiger partial charge in [-0.2, -0.15) is 0 Å². The lowest BCUT2D eigenvalue weighted by atomic mass is 10.2. The predicted octanol–water partition coefficient (Wildman–Crippen LogP) is 2.07. The average Bonchev–Trinajstić information content (AvgIpc) is 3.27. The SMILES string of the molecule is O=C(C(=O)N(Cc1ccccn1)C[C@H]1CCCO1)c1ccco1. The molecule has 0 saturated carbocycles. The van der Waals surface area contributed by atoms with Crippen molar-refractivity contribution in [3.05, 3.63) is 54.2 Å². The van der Waals surface area contributed by atoms with E-state index in [9.17, 15) is 9.59 Å². The van der Waals surface area contributed by atoms with Crippen LogP contribution >= 0.6 is 0 Å². The molecule has 3 rings (SSSR count). The lowest BCUT2D eigenvalue weighted by Crippen LogP contribution is -2.41. The lowest BCUT2D eigenvalue weighted by molar-refractivity contribution is -0.128. The topological polar surface area (TPSA) is 72.6 Å². The number of ketones is 1. The summed E-state index contributed by atoms with van der Waals surface area (Å²) in [6.07, 6.45) is 4.87. The minimum atomic E-state index is -0.649. The van der Waals surface area contributed by atoms with Crippen LogP contribution in [0.1, 0.15) is 29.1 Å². The van der Waals surface area contributed by atoms with Crippen LogP contribution in [0.15, 0.2) is 47.2 Å². The quantitative estimate of drug-likeness (QED) is 0.603. The van der Waals surface area contributed by atoms with E-state index in [0.29, 0.717) is 13.2 Å². The predicted molar refractivity (Wildman–Crippen MR) is 81.7 cm³/mol. The molecule has 0 bridgehead atoms. The molecule has 1 saturated heterocycles. The number of Topliss-reactive ketones (excluding diaryl/α,β-unsaturated/α-hetero) is 1. The molecule has 3 heterocycles. The number of hydrogen-bond donors (Lipinski definition) is 0. The molecule has 1 fully saturated rings. The Hall–Kier alpha value is -2.47. The van der Waals surface area contributed by atoms with Gasteiger partial charge in [-0.25, -0.2) is 0 Å². The van der Waals surface area contributed by atoms with Gasteiger partial charge < -0.3 is 14.1 Å². The first-order valence-corrected chi connectivity index (χ1v) is 7.62. The number of nitrogens with zero attached hydrogens (tertiary/aromatic N) is 2. The van der Waals surface area contributed by atoms with E-state index in [1.807, 2.05) is 18.2 Å². The number of carbonyl (C=O) groups excluding carboxylic acids is 2. The minimum Gasteiger partial charge on any atom is -0.461 e. The molecule has 0 aliphatic carbocycles. The van der Waals surface area contributed by atoms with Crippen molar-refractivity contribution < 1.29 is 18.7 Å². The Kier molecular flexibility index (Phi) is 4.83. The fraction of sp³-hybridized carbons (Fsp3) is 0.353. The number of pyridine rings is 1. The first kappa shape index (κ1) is 15.4. The largest absolute Gasteiger partial charge is 0.461 e. The van der Waals surface area contributed by atoms with E-state index >= 15 is 0 Å². The Balaban J connectivity index is 1.75. The van der Waals surface area contributed by atoms with Gasteiger partial charge in [0, 0.05) is 19.3 Å². The summed E-state index contributed by atoms with van der Waals surface area (Å²) in [5.41, 5.74) is 0.728. The minimum absolute atomic E-state index is 0.0351. The number of furan rings is 1. The summed E-state index contributed by atoms with van der Waals surface area (Å²) in [5.74, 6) is -1.20. The van der Waals surface area contributed by atoms with Gasteiger partial charge in [-0.1, -0.05) is 6.07 Å². The summed E-state index contributed by atoms with van der Waals surface area (Å²) in [7, 11) is 0. The smallest absolute Gasteiger partial charge is 0.298 e. The van der Waals surface area contributed by atoms with Crippen molar-refractivity contribution in [3.63, 3.8) is 0 Å². The van der Waals surface area contributed by atoms with Gasteiger partial charge >= 0.3 is 0 Å². The van der Waals surface area contributed by atoms with Gasteiger partial charge in [0.15, 0.2) is 5.76 Å². The second-order valence-electron chi connectivity index (χ2n) is 5.45. The zero-order chi connectivity index (χ0) is 16.1. The van der Waals surface area contributed by atoms with Crippen molar-refractivity contribution in [3.8, 4) is 0 Å². The second kappa shape index (κ2) is 7.19. The van der Waals surface area contributed by atoms with Gasteiger partial charge in [-0.3, -0.25) is 14.6 Å². The zero-order valence-electron chi connectivity index (χ0n) is 12.7. The van der Waals surface area contributed by atoms with E-state index < -0.39 is 11.7 Å². The number of hydrogen-bond acceptors (Lipinski definition) is 5. The molecule has 0 radical (unpaired) electrons. The summed E-state index contributed by atoms with van der Waals surface area (Å²) in [6, 6.07) is 8.57. The molecule has 1 atom stereocenters. The third-order valence-corrected chi connectivity index (χ3v) is 3.75. The molecule has 0 unspecified atom stereocenters. The van der Waals surface area contributed by atoms with Gasteiger partial charge in [-0.05, 0) is 37.1 Å². The van der Waals surface area contributed by atoms with Gasteiger partial charge in [0.1, 0.15) is 0 Å². The monoisotopic (exact) mass is 314 g/mol. The highest BCUT2D eigenvalue weighted by molar-refractivity contribution is 6.41. The molecule has 23 heavy (non-hydrogen) atoms. The summed E-state index contributed by atoms with van der Waals surface area (Å²) >= 11 is 0. The van der Waals surface area contributed by atoms with Crippen molar-refractivity contribution in [2.75, 3.05) is 13.2 Å². The van der Waals surface area contributed by atoms with Crippen LogP contribution < -0.4 is 0 Å². The van der Waals surface area contributed by atoms with Crippen LogP contribution in [0.4, 0.5) is 0 Å². The summed E-state index contributed by atoms with van der Waals surface area (Å²) in [5, 5.41) is 0. The number of amides is 1. The standard InChI is InChI=1S/C17H18N2O4/c20-16(15-7-4-10-23-15)17(21)19(12-14-6-3-9-22-14)11-13-5-1-2-8-18-13/h1-2,4-5,7-8,10,14H,3,6,9,11-12H2/t14-/m1/s1. The fourth-order valence-electron chi connectivity index (χ4n) is 2.60. The Morgan fingerprint density at radius 2 is 2.17 bits per heavy atom. The lowest BCUT2D eigenvalue weighted by Gasteiger charge is -2.24. The normalized spacial score (nSPS) is 17.1. The molecule has 1 amide bonds. The van der Waals surface area contributed by atoms with Crippen molar-refractivity contribution in [1.29, 1.82) is 0 Å². The van der Waals surface area contributed by atoms with Crippen LogP contribution in [0.25, 0.3) is 0 Å². The maximum atomic E-state index is 12.6. The average molecular weight is 314 g/mol. The van der Waals surface area contributed by atoms with Crippen LogP contribution in [-0.4, -0.2) is 40.8 Å². The molecule has 120 valence electrons. The molecule has 0 N–H and O–H groups in total. The maximum absolute atomic E-state index is 12.6. The molecule has 2 aromatic rings. The van der Waals surface area contributed by atoms with Gasteiger partial charge in [-0.15, -0.1) is 0 Å². The highest BCUT2D eigenvalue weighted by Crippen LogP contribution is 2.16. The summed E-state index contributed by atoms with van der Waals surface area (Å²) < 4.78 is 10.6. The zero-order valence-corrected chi connectivity index (χ0v) is 12.7. The van der Waals surface area contributed by atoms with Crippen molar-refractivity contribution in [2.24, 2.45) is 0 Å². The van der Waals surface area contributed by atoms with E-state index in [1.54, 1.807) is 12.3 Å². The fourth-order valence-corrected chi connectivity index (χ4v) is 2.60. The van der Waals surface area contributed by atoms with E-state index in [0.717, 1.165) is 18.5 Å². The molecular formula is C17H18N2O4. The molecule has 2 aromatic heterocycles. The van der Waals surface area contributed by atoms with Crippen molar-refractivity contribution in [1.82, 2.24) is 9.88 Å². The highest BCUT2D eigenvalue weighted by atomic mass is 16.5. The summed E-state index contributed by atoms with van der Waals surface area (Å²) in [4.78, 5) is 30.5. The van der Waals surface area contributed by atoms with Gasteiger partial charge in [0.25, 0.3) is 11.7 Å². The molecule has 6 nitrogen and oxygen atoms in total. The Labute approximate surface area is 134 Å². The Bertz CT molecular complexity index is 648. The third kappa shape index (κ3) is 3.84. The van der Waals surface area contributed by atoms with Crippen LogP contribution in [0.5, 0.6) is 0 Å². The van der Waals surface area contributed by atoms with Crippen LogP contribution in [-0.2, 0) is 16.1 Å². The molecule has 0 aromatic carbocycles. The number of aromatic nitrogens is 1. The molecule has 1 aliphatic rings. The molecule has 6 heteroatoms. The number of rotatable bonds is 6. The van der Waals surface area contributed by atoms with Crippen LogP contribution in [0.3, 0.4) is 0 Å². The van der Waals surface area contributed by atoms with E-state index in [-0.39, 0.29) is 18.4 Å². The van der Waals surface area contributed by atoms with E-state index in [4.69, 9.17) is 9.15 Å². The van der Waals surface area contributed by atoms with Crippen LogP contribution in [0, 0.1) is 0 Å². The number of carbonyl (C=O) groups is 2. The van der Waals surface area contributed by atoms with Gasteiger partial charge in [0.2, 0.25) is 0 Å². The number of ether oxygens (including phenoxy) is 1.